The van der Waals surface area contributed by atoms with Crippen LogP contribution >= 0.6 is 0 Å². The van der Waals surface area contributed by atoms with Crippen molar-refractivity contribution in [3.63, 3.8) is 0 Å². The molecule has 0 bridgehead atoms. The lowest BCUT2D eigenvalue weighted by Gasteiger charge is -2.15. The summed E-state index contributed by atoms with van der Waals surface area (Å²) in [7, 11) is 0. The van der Waals surface area contributed by atoms with Crippen LogP contribution in [0, 0.1) is 5.92 Å². The highest BCUT2D eigenvalue weighted by Gasteiger charge is 2.28. The van der Waals surface area contributed by atoms with E-state index in [2.05, 4.69) is 32.7 Å². The zero-order chi connectivity index (χ0) is 12.8. The maximum atomic E-state index is 10.6. The highest BCUT2D eigenvalue weighted by molar-refractivity contribution is 5.58. The number of aldehydes is 1. The maximum Gasteiger partial charge on any atom is 0.149 e. The highest BCUT2D eigenvalue weighted by atomic mass is 16.5. The van der Waals surface area contributed by atoms with Gasteiger partial charge < -0.3 is 9.53 Å². The minimum atomic E-state index is -0.266. The van der Waals surface area contributed by atoms with Gasteiger partial charge in [-0.2, -0.15) is 0 Å². The number of carbonyl (C=O) groups is 1. The van der Waals surface area contributed by atoms with E-state index in [1.54, 1.807) is 0 Å². The molecule has 0 N–H and O–H groups in total. The summed E-state index contributed by atoms with van der Waals surface area (Å²) < 4.78 is 5.60. The predicted molar refractivity (Wildman–Crippen MR) is 69.8 cm³/mol. The van der Waals surface area contributed by atoms with Crippen molar-refractivity contribution in [1.29, 1.82) is 0 Å². The van der Waals surface area contributed by atoms with Gasteiger partial charge in [-0.05, 0) is 43.3 Å². The van der Waals surface area contributed by atoms with Gasteiger partial charge in [0.25, 0.3) is 0 Å². The molecule has 1 fully saturated rings. The van der Waals surface area contributed by atoms with Crippen molar-refractivity contribution in [2.75, 3.05) is 0 Å². The van der Waals surface area contributed by atoms with Crippen LogP contribution < -0.4 is 0 Å². The Bertz CT molecular complexity index is 337. The van der Waals surface area contributed by atoms with Crippen LogP contribution in [-0.4, -0.2) is 18.5 Å². The molecule has 1 rings (SSSR count). The van der Waals surface area contributed by atoms with Crippen molar-refractivity contribution in [3.8, 4) is 0 Å². The van der Waals surface area contributed by atoms with Gasteiger partial charge >= 0.3 is 0 Å². The molecule has 0 spiro atoms. The molecule has 0 amide bonds. The number of rotatable bonds is 6. The van der Waals surface area contributed by atoms with E-state index in [4.69, 9.17) is 4.74 Å². The molecule has 2 heteroatoms. The molecule has 1 unspecified atom stereocenters. The summed E-state index contributed by atoms with van der Waals surface area (Å²) in [6.07, 6.45) is 4.43. The fraction of sp³-hybridized carbons (Fsp3) is 0.600. The molecule has 0 aromatic rings. The molecule has 0 aromatic carbocycles. The van der Waals surface area contributed by atoms with Gasteiger partial charge in [0.15, 0.2) is 0 Å². The van der Waals surface area contributed by atoms with Crippen LogP contribution in [-0.2, 0) is 9.53 Å². The van der Waals surface area contributed by atoms with E-state index < -0.39 is 0 Å². The first-order valence-electron chi connectivity index (χ1n) is 6.20. The Kier molecular flexibility index (Phi) is 5.40. The predicted octanol–water partition coefficient (Wildman–Crippen LogP) is 3.44. The minimum Gasteiger partial charge on any atom is -0.363 e. The lowest BCUT2D eigenvalue weighted by molar-refractivity contribution is -0.117. The van der Waals surface area contributed by atoms with Crippen molar-refractivity contribution >= 4 is 6.29 Å². The van der Waals surface area contributed by atoms with Gasteiger partial charge in [-0.3, -0.25) is 0 Å². The molecular formula is C15H22O2. The van der Waals surface area contributed by atoms with E-state index in [0.29, 0.717) is 12.3 Å². The summed E-state index contributed by atoms with van der Waals surface area (Å²) in [5.74, 6) is 0.593. The van der Waals surface area contributed by atoms with Gasteiger partial charge in [0.1, 0.15) is 12.4 Å². The number of ether oxygens (including phenoxy) is 1. The van der Waals surface area contributed by atoms with Gasteiger partial charge in [-0.15, -0.1) is 5.73 Å². The Hall–Kier alpha value is -1.11. The second kappa shape index (κ2) is 6.58. The molecule has 3 atom stereocenters. The molecule has 17 heavy (non-hydrogen) atoms. The Labute approximate surface area is 104 Å². The van der Waals surface area contributed by atoms with Gasteiger partial charge in [-0.25, -0.2) is 0 Å². The lowest BCUT2D eigenvalue weighted by Crippen LogP contribution is -2.13. The monoisotopic (exact) mass is 234 g/mol. The molecular weight excluding hydrogens is 212 g/mol. The standard InChI is InChI=1S/C15H22O2/c1-5-11(2)8-12(3)6-7-15-13(4)9-14(10-16)17-15/h10,12,14-15H,1,4,6-9H2,2-3H3/t12-,14+,15?/m0/s1. The first-order chi connectivity index (χ1) is 8.06. The van der Waals surface area contributed by atoms with Gasteiger partial charge in [0.05, 0.1) is 6.10 Å². The van der Waals surface area contributed by atoms with Gasteiger partial charge in [0.2, 0.25) is 0 Å². The smallest absolute Gasteiger partial charge is 0.149 e. The van der Waals surface area contributed by atoms with Crippen molar-refractivity contribution in [2.24, 2.45) is 5.92 Å². The largest absolute Gasteiger partial charge is 0.363 e. The number of hydrogen-bond acceptors (Lipinski definition) is 2. The summed E-state index contributed by atoms with van der Waals surface area (Å²) in [4.78, 5) is 10.6. The van der Waals surface area contributed by atoms with Crippen LogP contribution in [0.3, 0.4) is 0 Å². The zero-order valence-corrected chi connectivity index (χ0v) is 10.9. The molecule has 0 saturated carbocycles. The van der Waals surface area contributed by atoms with E-state index in [-0.39, 0.29) is 12.2 Å². The molecule has 0 radical (unpaired) electrons. The Balaban J connectivity index is 2.33. The van der Waals surface area contributed by atoms with Crippen molar-refractivity contribution < 1.29 is 9.53 Å². The summed E-state index contributed by atoms with van der Waals surface area (Å²) in [6.45, 7) is 11.9. The summed E-state index contributed by atoms with van der Waals surface area (Å²) in [5.41, 5.74) is 5.18. The van der Waals surface area contributed by atoms with Crippen LogP contribution in [0.4, 0.5) is 0 Å². The number of hydrogen-bond donors (Lipinski definition) is 0. The average Bonchev–Trinajstić information content (AvgIpc) is 2.67. The van der Waals surface area contributed by atoms with Crippen molar-refractivity contribution in [3.05, 3.63) is 30.0 Å². The molecule has 2 nitrogen and oxygen atoms in total. The highest BCUT2D eigenvalue weighted by Crippen LogP contribution is 2.28. The second-order valence-corrected chi connectivity index (χ2v) is 5.01. The van der Waals surface area contributed by atoms with Gasteiger partial charge in [0, 0.05) is 6.42 Å². The van der Waals surface area contributed by atoms with Crippen LogP contribution in [0.1, 0.15) is 39.5 Å². The minimum absolute atomic E-state index is 0.0701. The van der Waals surface area contributed by atoms with Crippen LogP contribution in [0.2, 0.25) is 0 Å². The summed E-state index contributed by atoms with van der Waals surface area (Å²) in [5, 5.41) is 0. The van der Waals surface area contributed by atoms with Crippen LogP contribution in [0.25, 0.3) is 0 Å². The SMILES string of the molecule is C=C=C(C)C[C@@H](C)CCC1O[C@@H](C=O)CC1=C. The molecule has 1 heterocycles. The fourth-order valence-electron chi connectivity index (χ4n) is 2.23. The first kappa shape index (κ1) is 14.0. The average molecular weight is 234 g/mol. The quantitative estimate of drug-likeness (QED) is 0.400. The normalized spacial score (nSPS) is 25.4. The Morgan fingerprint density at radius 1 is 1.71 bits per heavy atom. The van der Waals surface area contributed by atoms with E-state index in [0.717, 1.165) is 31.1 Å². The Morgan fingerprint density at radius 2 is 2.41 bits per heavy atom. The molecule has 1 aliphatic rings. The summed E-state index contributed by atoms with van der Waals surface area (Å²) in [6, 6.07) is 0. The molecule has 94 valence electrons. The fourth-order valence-corrected chi connectivity index (χ4v) is 2.23. The summed E-state index contributed by atoms with van der Waals surface area (Å²) >= 11 is 0. The third-order valence-corrected chi connectivity index (χ3v) is 3.29. The molecule has 0 aromatic heterocycles. The zero-order valence-electron chi connectivity index (χ0n) is 10.9. The topological polar surface area (TPSA) is 26.3 Å². The third kappa shape index (κ3) is 4.33. The van der Waals surface area contributed by atoms with E-state index in [1.165, 1.54) is 5.57 Å². The maximum absolute atomic E-state index is 10.6. The Morgan fingerprint density at radius 3 is 2.94 bits per heavy atom. The van der Waals surface area contributed by atoms with Crippen molar-refractivity contribution in [1.82, 2.24) is 0 Å². The second-order valence-electron chi connectivity index (χ2n) is 5.01. The molecule has 0 aliphatic carbocycles. The lowest BCUT2D eigenvalue weighted by atomic mass is 9.94. The number of allylic oxidation sites excluding steroid dienone is 1. The molecule has 1 saturated heterocycles. The van der Waals surface area contributed by atoms with Crippen LogP contribution in [0.15, 0.2) is 30.0 Å². The third-order valence-electron chi connectivity index (χ3n) is 3.29. The van der Waals surface area contributed by atoms with Crippen molar-refractivity contribution in [2.45, 2.75) is 51.7 Å². The van der Waals surface area contributed by atoms with Gasteiger partial charge in [-0.1, -0.05) is 20.1 Å². The number of carbonyl (C=O) groups excluding carboxylic acids is 1. The van der Waals surface area contributed by atoms with E-state index in [9.17, 15) is 4.79 Å². The van der Waals surface area contributed by atoms with E-state index in [1.807, 2.05) is 0 Å². The first-order valence-corrected chi connectivity index (χ1v) is 6.20. The van der Waals surface area contributed by atoms with E-state index >= 15 is 0 Å². The molecule has 1 aliphatic heterocycles. The van der Waals surface area contributed by atoms with Crippen LogP contribution in [0.5, 0.6) is 0 Å².